The topological polar surface area (TPSA) is 56.1 Å². The summed E-state index contributed by atoms with van der Waals surface area (Å²) in [7, 11) is 0. The molecule has 3 rings (SSSR count). The van der Waals surface area contributed by atoms with Crippen molar-refractivity contribution in [1.29, 1.82) is 0 Å². The van der Waals surface area contributed by atoms with Crippen molar-refractivity contribution >= 4 is 16.9 Å². The van der Waals surface area contributed by atoms with Gasteiger partial charge in [-0.2, -0.15) is 0 Å². The molecule has 5 heteroatoms. The monoisotopic (exact) mass is 351 g/mol. The summed E-state index contributed by atoms with van der Waals surface area (Å²) in [5.74, 6) is 0.914. The summed E-state index contributed by atoms with van der Waals surface area (Å²) in [4.78, 5) is 17.0. The minimum atomic E-state index is -0.0537. The smallest absolute Gasteiger partial charge is 0.251 e. The Labute approximate surface area is 154 Å². The lowest BCUT2D eigenvalue weighted by molar-refractivity contribution is 0.0953. The van der Waals surface area contributed by atoms with E-state index in [-0.39, 0.29) is 5.91 Å². The summed E-state index contributed by atoms with van der Waals surface area (Å²) in [6, 6.07) is 15.7. The maximum atomic E-state index is 12.3. The zero-order valence-corrected chi connectivity index (χ0v) is 15.4. The third-order valence-corrected chi connectivity index (χ3v) is 4.34. The van der Waals surface area contributed by atoms with Crippen LogP contribution in [-0.2, 0) is 17.7 Å². The van der Waals surface area contributed by atoms with Crippen LogP contribution in [0.2, 0.25) is 0 Å². The quantitative estimate of drug-likeness (QED) is 0.633. The molecule has 26 heavy (non-hydrogen) atoms. The van der Waals surface area contributed by atoms with Crippen LogP contribution in [0.5, 0.6) is 0 Å². The highest BCUT2D eigenvalue weighted by molar-refractivity contribution is 5.94. The number of hydrogen-bond acceptors (Lipinski definition) is 3. The second-order valence-electron chi connectivity index (χ2n) is 6.24. The van der Waals surface area contributed by atoms with Crippen LogP contribution >= 0.6 is 0 Å². The molecule has 1 amide bonds. The third-order valence-electron chi connectivity index (χ3n) is 4.34. The van der Waals surface area contributed by atoms with Crippen LogP contribution < -0.4 is 5.32 Å². The van der Waals surface area contributed by atoms with Gasteiger partial charge >= 0.3 is 0 Å². The van der Waals surface area contributed by atoms with E-state index < -0.39 is 0 Å². The SMILES string of the molecule is CCOCCn1c(CCNC(=O)c2ccc(C)cc2)nc2ccccc21. The van der Waals surface area contributed by atoms with Gasteiger partial charge in [-0.1, -0.05) is 29.8 Å². The van der Waals surface area contributed by atoms with Crippen molar-refractivity contribution in [3.63, 3.8) is 0 Å². The summed E-state index contributed by atoms with van der Waals surface area (Å²) < 4.78 is 7.69. The van der Waals surface area contributed by atoms with Crippen molar-refractivity contribution in [1.82, 2.24) is 14.9 Å². The van der Waals surface area contributed by atoms with Gasteiger partial charge in [0, 0.05) is 31.7 Å². The van der Waals surface area contributed by atoms with Crippen molar-refractivity contribution in [2.45, 2.75) is 26.8 Å². The van der Waals surface area contributed by atoms with Crippen LogP contribution in [-0.4, -0.2) is 35.2 Å². The van der Waals surface area contributed by atoms with Crippen molar-refractivity contribution < 1.29 is 9.53 Å². The van der Waals surface area contributed by atoms with Gasteiger partial charge in [-0.3, -0.25) is 4.79 Å². The Hall–Kier alpha value is -2.66. The summed E-state index contributed by atoms with van der Waals surface area (Å²) in [5, 5.41) is 2.98. The highest BCUT2D eigenvalue weighted by atomic mass is 16.5. The van der Waals surface area contributed by atoms with Gasteiger partial charge < -0.3 is 14.6 Å². The average Bonchev–Trinajstić information content (AvgIpc) is 3.00. The van der Waals surface area contributed by atoms with E-state index in [9.17, 15) is 4.79 Å². The Balaban J connectivity index is 1.66. The highest BCUT2D eigenvalue weighted by Gasteiger charge is 2.11. The predicted octanol–water partition coefficient (Wildman–Crippen LogP) is 3.35. The fraction of sp³-hybridized carbons (Fsp3) is 0.333. The number of rotatable bonds is 8. The largest absolute Gasteiger partial charge is 0.380 e. The van der Waals surface area contributed by atoms with Crippen LogP contribution in [0.25, 0.3) is 11.0 Å². The third kappa shape index (κ3) is 4.29. The molecule has 0 bridgehead atoms. The van der Waals surface area contributed by atoms with Crippen molar-refractivity contribution in [2.24, 2.45) is 0 Å². The maximum Gasteiger partial charge on any atom is 0.251 e. The zero-order chi connectivity index (χ0) is 18.4. The Kier molecular flexibility index (Phi) is 6.02. The first-order valence-electron chi connectivity index (χ1n) is 9.06. The number of nitrogens with one attached hydrogen (secondary N) is 1. The normalized spacial score (nSPS) is 11.0. The standard InChI is InChI=1S/C21H25N3O2/c1-3-26-15-14-24-19-7-5-4-6-18(19)23-20(24)12-13-22-21(25)17-10-8-16(2)9-11-17/h4-11H,3,12-15H2,1-2H3,(H,22,25). The van der Waals surface area contributed by atoms with E-state index in [2.05, 4.69) is 16.0 Å². The molecule has 0 fully saturated rings. The van der Waals surface area contributed by atoms with Gasteiger partial charge in [0.15, 0.2) is 0 Å². The summed E-state index contributed by atoms with van der Waals surface area (Å²) in [6.07, 6.45) is 0.679. The van der Waals surface area contributed by atoms with Gasteiger partial charge in [0.1, 0.15) is 5.82 Å². The number of para-hydroxylation sites is 2. The second-order valence-corrected chi connectivity index (χ2v) is 6.24. The number of benzene rings is 2. The number of aryl methyl sites for hydroxylation is 1. The average molecular weight is 351 g/mol. The number of nitrogens with zero attached hydrogens (tertiary/aromatic N) is 2. The predicted molar refractivity (Wildman–Crippen MR) is 103 cm³/mol. The van der Waals surface area contributed by atoms with Crippen molar-refractivity contribution in [3.8, 4) is 0 Å². The van der Waals surface area contributed by atoms with E-state index in [0.717, 1.165) is 29.0 Å². The Morgan fingerprint density at radius 1 is 1.15 bits per heavy atom. The van der Waals surface area contributed by atoms with Crippen LogP contribution in [0, 0.1) is 6.92 Å². The van der Waals surface area contributed by atoms with E-state index in [1.807, 2.05) is 56.3 Å². The number of imidazole rings is 1. The highest BCUT2D eigenvalue weighted by Crippen LogP contribution is 2.16. The molecule has 1 aromatic heterocycles. The molecule has 3 aromatic rings. The molecule has 0 unspecified atom stereocenters. The zero-order valence-electron chi connectivity index (χ0n) is 15.4. The molecule has 1 heterocycles. The summed E-state index contributed by atoms with van der Waals surface area (Å²) in [6.45, 7) is 6.66. The minimum Gasteiger partial charge on any atom is -0.380 e. The molecule has 0 saturated heterocycles. The molecular formula is C21H25N3O2. The number of aromatic nitrogens is 2. The van der Waals surface area contributed by atoms with Crippen LogP contribution in [0.15, 0.2) is 48.5 Å². The molecule has 136 valence electrons. The molecule has 0 aliphatic carbocycles. The van der Waals surface area contributed by atoms with E-state index in [1.54, 1.807) is 0 Å². The van der Waals surface area contributed by atoms with Gasteiger partial charge in [0.05, 0.1) is 17.6 Å². The number of hydrogen-bond donors (Lipinski definition) is 1. The first kappa shape index (κ1) is 18.1. The Morgan fingerprint density at radius 2 is 1.92 bits per heavy atom. The lowest BCUT2D eigenvalue weighted by Crippen LogP contribution is -2.26. The number of amides is 1. The van der Waals surface area contributed by atoms with Crippen LogP contribution in [0.3, 0.4) is 0 Å². The fourth-order valence-electron chi connectivity index (χ4n) is 2.96. The lowest BCUT2D eigenvalue weighted by Gasteiger charge is -2.10. The molecule has 0 saturated carbocycles. The molecule has 0 aliphatic rings. The molecule has 2 aromatic carbocycles. The van der Waals surface area contributed by atoms with Gasteiger partial charge in [-0.25, -0.2) is 4.98 Å². The maximum absolute atomic E-state index is 12.3. The van der Waals surface area contributed by atoms with Crippen LogP contribution in [0.1, 0.15) is 28.7 Å². The molecule has 0 aliphatic heterocycles. The number of ether oxygens (including phenoxy) is 1. The number of carbonyl (C=O) groups excluding carboxylic acids is 1. The van der Waals surface area contributed by atoms with Gasteiger partial charge in [-0.05, 0) is 38.1 Å². The molecule has 0 spiro atoms. The molecule has 0 radical (unpaired) electrons. The van der Waals surface area contributed by atoms with E-state index >= 15 is 0 Å². The number of fused-ring (bicyclic) bond motifs is 1. The van der Waals surface area contributed by atoms with E-state index in [1.165, 1.54) is 0 Å². The summed E-state index contributed by atoms with van der Waals surface area (Å²) >= 11 is 0. The van der Waals surface area contributed by atoms with Gasteiger partial charge in [0.2, 0.25) is 0 Å². The molecule has 0 atom stereocenters. The van der Waals surface area contributed by atoms with E-state index in [0.29, 0.717) is 31.7 Å². The Bertz CT molecular complexity index is 869. The van der Waals surface area contributed by atoms with Gasteiger partial charge in [-0.15, -0.1) is 0 Å². The molecular weight excluding hydrogens is 326 g/mol. The summed E-state index contributed by atoms with van der Waals surface area (Å²) in [5.41, 5.74) is 3.90. The van der Waals surface area contributed by atoms with Gasteiger partial charge in [0.25, 0.3) is 5.91 Å². The fourth-order valence-corrected chi connectivity index (χ4v) is 2.96. The van der Waals surface area contributed by atoms with Crippen LogP contribution in [0.4, 0.5) is 0 Å². The van der Waals surface area contributed by atoms with E-state index in [4.69, 9.17) is 9.72 Å². The first-order chi connectivity index (χ1) is 12.7. The van der Waals surface area contributed by atoms with Crippen molar-refractivity contribution in [2.75, 3.05) is 19.8 Å². The molecule has 5 nitrogen and oxygen atoms in total. The number of carbonyl (C=O) groups is 1. The lowest BCUT2D eigenvalue weighted by atomic mass is 10.1. The Morgan fingerprint density at radius 3 is 2.69 bits per heavy atom. The second kappa shape index (κ2) is 8.63. The molecule has 1 N–H and O–H groups in total. The van der Waals surface area contributed by atoms with Crippen molar-refractivity contribution in [3.05, 3.63) is 65.5 Å². The minimum absolute atomic E-state index is 0.0537. The first-order valence-corrected chi connectivity index (χ1v) is 9.06.